The highest BCUT2D eigenvalue weighted by atomic mass is 32.1. The van der Waals surface area contributed by atoms with E-state index in [4.69, 9.17) is 20.3 Å². The summed E-state index contributed by atoms with van der Waals surface area (Å²) in [7, 11) is 1.65. The van der Waals surface area contributed by atoms with Gasteiger partial charge in [0.25, 0.3) is 0 Å². The third-order valence-corrected chi connectivity index (χ3v) is 6.91. The van der Waals surface area contributed by atoms with Crippen LogP contribution in [-0.4, -0.2) is 58.5 Å². The first-order chi connectivity index (χ1) is 14.0. The number of hydrogen-bond acceptors (Lipinski definition) is 8. The Morgan fingerprint density at radius 3 is 2.93 bits per heavy atom. The van der Waals surface area contributed by atoms with Crippen molar-refractivity contribution in [2.24, 2.45) is 11.7 Å². The fourth-order valence-corrected chi connectivity index (χ4v) is 5.13. The molecule has 3 aromatic rings. The summed E-state index contributed by atoms with van der Waals surface area (Å²) < 4.78 is 13.4. The zero-order chi connectivity index (χ0) is 20.1. The minimum Gasteiger partial charge on any atom is -0.480 e. The quantitative estimate of drug-likeness (QED) is 0.701. The average Bonchev–Trinajstić information content (AvgIpc) is 3.41. The summed E-state index contributed by atoms with van der Waals surface area (Å²) in [6, 6.07) is 4.29. The van der Waals surface area contributed by atoms with E-state index < -0.39 is 0 Å². The van der Waals surface area contributed by atoms with Crippen molar-refractivity contribution in [3.05, 3.63) is 24.0 Å². The van der Waals surface area contributed by atoms with Gasteiger partial charge in [0.1, 0.15) is 0 Å². The van der Waals surface area contributed by atoms with Gasteiger partial charge in [0, 0.05) is 37.4 Å². The van der Waals surface area contributed by atoms with Crippen LogP contribution >= 0.6 is 11.3 Å². The number of rotatable bonds is 4. The predicted molar refractivity (Wildman–Crippen MR) is 113 cm³/mol. The molecule has 0 bridgehead atoms. The number of nitrogens with zero attached hydrogens (tertiary/aromatic N) is 5. The molecule has 2 saturated heterocycles. The highest BCUT2D eigenvalue weighted by molar-refractivity contribution is 7.20. The number of ether oxygens (including phenoxy) is 2. The first kappa shape index (κ1) is 18.8. The van der Waals surface area contributed by atoms with Crippen LogP contribution in [0.3, 0.4) is 0 Å². The van der Waals surface area contributed by atoms with Crippen LogP contribution in [0.4, 0.5) is 5.13 Å². The van der Waals surface area contributed by atoms with Gasteiger partial charge in [-0.15, -0.1) is 5.10 Å². The van der Waals surface area contributed by atoms with Crippen LogP contribution in [0.1, 0.15) is 31.9 Å². The lowest BCUT2D eigenvalue weighted by Gasteiger charge is -2.29. The van der Waals surface area contributed by atoms with Crippen LogP contribution < -0.4 is 15.4 Å². The van der Waals surface area contributed by atoms with E-state index in [1.165, 1.54) is 0 Å². The van der Waals surface area contributed by atoms with Crippen molar-refractivity contribution in [2.75, 3.05) is 31.7 Å². The van der Waals surface area contributed by atoms with Gasteiger partial charge in [-0.2, -0.15) is 0 Å². The van der Waals surface area contributed by atoms with Gasteiger partial charge in [-0.3, -0.25) is 0 Å². The summed E-state index contributed by atoms with van der Waals surface area (Å²) in [4.78, 5) is 12.4. The highest BCUT2D eigenvalue weighted by Crippen LogP contribution is 2.36. The molecule has 3 aromatic heterocycles. The lowest BCUT2D eigenvalue weighted by atomic mass is 9.93. The summed E-state index contributed by atoms with van der Waals surface area (Å²) in [5, 5.41) is 5.82. The van der Waals surface area contributed by atoms with Crippen molar-refractivity contribution < 1.29 is 9.47 Å². The molecule has 5 rings (SSSR count). The molecule has 2 aliphatic heterocycles. The SMILES string of the molecule is COc1nc(C(C)C)ccc1-c1cnc2sc(N3C[C@H]4[C@H](C3)OCC[C@@H]4N)nn12. The van der Waals surface area contributed by atoms with Crippen molar-refractivity contribution in [1.29, 1.82) is 0 Å². The van der Waals surface area contributed by atoms with E-state index in [9.17, 15) is 0 Å². The number of aromatic nitrogens is 4. The Kier molecular flexibility index (Phi) is 4.68. The van der Waals surface area contributed by atoms with E-state index in [1.807, 2.05) is 22.8 Å². The minimum atomic E-state index is 0.197. The maximum absolute atomic E-state index is 6.32. The van der Waals surface area contributed by atoms with Crippen LogP contribution in [0.25, 0.3) is 16.2 Å². The normalized spacial score (nSPS) is 24.4. The second-order valence-corrected chi connectivity index (χ2v) is 9.04. The van der Waals surface area contributed by atoms with E-state index >= 15 is 0 Å². The van der Waals surface area contributed by atoms with Gasteiger partial charge < -0.3 is 20.1 Å². The van der Waals surface area contributed by atoms with Crippen LogP contribution in [0.15, 0.2) is 18.3 Å². The fourth-order valence-electron chi connectivity index (χ4n) is 4.23. The molecule has 2 N–H and O–H groups in total. The average molecular weight is 415 g/mol. The number of nitrogens with two attached hydrogens (primary N) is 1. The highest BCUT2D eigenvalue weighted by Gasteiger charge is 2.41. The zero-order valence-corrected chi connectivity index (χ0v) is 17.7. The molecule has 0 spiro atoms. The molecule has 2 aliphatic rings. The largest absolute Gasteiger partial charge is 0.480 e. The Morgan fingerprint density at radius 2 is 2.17 bits per heavy atom. The lowest BCUT2D eigenvalue weighted by molar-refractivity contribution is -0.00904. The summed E-state index contributed by atoms with van der Waals surface area (Å²) in [5.41, 5.74) is 9.09. The van der Waals surface area contributed by atoms with Gasteiger partial charge in [-0.25, -0.2) is 14.5 Å². The molecule has 0 unspecified atom stereocenters. The third-order valence-electron chi connectivity index (χ3n) is 5.93. The van der Waals surface area contributed by atoms with Crippen LogP contribution in [0.5, 0.6) is 5.88 Å². The fraction of sp³-hybridized carbons (Fsp3) is 0.550. The van der Waals surface area contributed by atoms with Crippen molar-refractivity contribution in [3.63, 3.8) is 0 Å². The molecule has 3 atom stereocenters. The Hall–Kier alpha value is -2.23. The molecule has 5 heterocycles. The molecule has 0 aliphatic carbocycles. The summed E-state index contributed by atoms with van der Waals surface area (Å²) in [5.74, 6) is 1.30. The van der Waals surface area contributed by atoms with Crippen LogP contribution in [0, 0.1) is 5.92 Å². The number of pyridine rings is 1. The Labute approximate surface area is 173 Å². The third kappa shape index (κ3) is 3.17. The first-order valence-corrected chi connectivity index (χ1v) is 10.9. The van der Waals surface area contributed by atoms with E-state index in [0.29, 0.717) is 17.7 Å². The molecule has 0 amide bonds. The van der Waals surface area contributed by atoms with Gasteiger partial charge in [0.05, 0.1) is 30.7 Å². The first-order valence-electron chi connectivity index (χ1n) is 10.1. The molecule has 29 heavy (non-hydrogen) atoms. The smallest absolute Gasteiger partial charge is 0.222 e. The number of hydrogen-bond donors (Lipinski definition) is 1. The zero-order valence-electron chi connectivity index (χ0n) is 16.9. The van der Waals surface area contributed by atoms with E-state index in [1.54, 1.807) is 18.4 Å². The van der Waals surface area contributed by atoms with Crippen molar-refractivity contribution in [1.82, 2.24) is 19.6 Å². The van der Waals surface area contributed by atoms with Gasteiger partial charge in [0.15, 0.2) is 0 Å². The van der Waals surface area contributed by atoms with Crippen molar-refractivity contribution in [3.8, 4) is 17.1 Å². The maximum atomic E-state index is 6.32. The second kappa shape index (κ2) is 7.23. The monoisotopic (exact) mass is 414 g/mol. The molecule has 2 fully saturated rings. The number of anilines is 1. The van der Waals surface area contributed by atoms with Gasteiger partial charge in [-0.05, 0) is 24.5 Å². The Bertz CT molecular complexity index is 1030. The molecule has 8 nitrogen and oxygen atoms in total. The minimum absolute atomic E-state index is 0.197. The summed E-state index contributed by atoms with van der Waals surface area (Å²) >= 11 is 1.59. The lowest BCUT2D eigenvalue weighted by Crippen LogP contribution is -2.43. The standard InChI is InChI=1S/C20H26N6O2S/c1-11(2)15-5-4-12(18(23-15)27-3)16-8-22-19-26(16)24-20(29-19)25-9-13-14(21)6-7-28-17(13)10-25/h4-5,8,11,13-14,17H,6-7,9-10,21H2,1-3H3/t13-,14+,17+/m1/s1. The molecule has 154 valence electrons. The number of fused-ring (bicyclic) bond motifs is 2. The van der Waals surface area contributed by atoms with Gasteiger partial charge >= 0.3 is 0 Å². The van der Waals surface area contributed by atoms with E-state index in [2.05, 4.69) is 28.7 Å². The molecule has 0 saturated carbocycles. The number of methoxy groups -OCH3 is 1. The molecular formula is C20H26N6O2S. The Morgan fingerprint density at radius 1 is 1.31 bits per heavy atom. The van der Waals surface area contributed by atoms with E-state index in [0.717, 1.165) is 53.2 Å². The molecule has 9 heteroatoms. The van der Waals surface area contributed by atoms with Crippen molar-refractivity contribution >= 4 is 21.4 Å². The van der Waals surface area contributed by atoms with Gasteiger partial charge in [0.2, 0.25) is 16.0 Å². The maximum Gasteiger partial charge on any atom is 0.222 e. The van der Waals surface area contributed by atoms with Crippen LogP contribution in [0.2, 0.25) is 0 Å². The Balaban J connectivity index is 1.48. The second-order valence-electron chi connectivity index (χ2n) is 8.10. The topological polar surface area (TPSA) is 90.8 Å². The summed E-state index contributed by atoms with van der Waals surface area (Å²) in [6.45, 7) is 6.70. The molecule has 0 aromatic carbocycles. The summed E-state index contributed by atoms with van der Waals surface area (Å²) in [6.07, 6.45) is 2.96. The van der Waals surface area contributed by atoms with Gasteiger partial charge in [-0.1, -0.05) is 25.2 Å². The van der Waals surface area contributed by atoms with Crippen LogP contribution in [-0.2, 0) is 4.74 Å². The van der Waals surface area contributed by atoms with Crippen molar-refractivity contribution in [2.45, 2.75) is 38.3 Å². The molecule has 0 radical (unpaired) electrons. The predicted octanol–water partition coefficient (Wildman–Crippen LogP) is 2.54. The van der Waals surface area contributed by atoms with E-state index in [-0.39, 0.29) is 12.1 Å². The molecular weight excluding hydrogens is 388 g/mol. The number of imidazole rings is 1.